The molecule has 0 aliphatic carbocycles. The first-order chi connectivity index (χ1) is 8.90. The van der Waals surface area contributed by atoms with Crippen LogP contribution in [-0.4, -0.2) is 29.1 Å². The van der Waals surface area contributed by atoms with Gasteiger partial charge >= 0.3 is 5.97 Å². The van der Waals surface area contributed by atoms with Crippen molar-refractivity contribution in [3.8, 4) is 0 Å². The molecule has 2 rings (SSSR count). The minimum atomic E-state index is -0.755. The van der Waals surface area contributed by atoms with Crippen LogP contribution < -0.4 is 0 Å². The average Bonchev–Trinajstić information content (AvgIpc) is 2.34. The van der Waals surface area contributed by atoms with Crippen LogP contribution in [0.3, 0.4) is 0 Å². The zero-order chi connectivity index (χ0) is 14.0. The summed E-state index contributed by atoms with van der Waals surface area (Å²) >= 11 is 5.75. The number of carboxylic acid groups (broad SMARTS) is 1. The Morgan fingerprint density at radius 2 is 2.32 bits per heavy atom. The molecule has 1 saturated heterocycles. The van der Waals surface area contributed by atoms with E-state index in [0.29, 0.717) is 19.5 Å². The third-order valence-corrected chi connectivity index (χ3v) is 3.97. The lowest BCUT2D eigenvalue weighted by Crippen LogP contribution is -2.45. The number of halogens is 2. The molecule has 0 amide bonds. The number of carboxylic acids is 1. The van der Waals surface area contributed by atoms with Crippen molar-refractivity contribution in [2.75, 3.05) is 13.1 Å². The predicted molar refractivity (Wildman–Crippen MR) is 71.7 cm³/mol. The van der Waals surface area contributed by atoms with E-state index < -0.39 is 17.2 Å². The summed E-state index contributed by atoms with van der Waals surface area (Å²) in [5, 5.41) is 9.37. The van der Waals surface area contributed by atoms with Gasteiger partial charge in [0.2, 0.25) is 0 Å². The van der Waals surface area contributed by atoms with Gasteiger partial charge in [-0.25, -0.2) is 4.39 Å². The molecule has 5 heteroatoms. The molecule has 1 N–H and O–H groups in total. The van der Waals surface area contributed by atoms with Gasteiger partial charge in [0.25, 0.3) is 0 Å². The molecule has 1 unspecified atom stereocenters. The predicted octanol–water partition coefficient (Wildman–Crippen LogP) is 3.17. The molecule has 1 fully saturated rings. The third kappa shape index (κ3) is 3.25. The summed E-state index contributed by atoms with van der Waals surface area (Å²) in [6.07, 6.45) is 1.56. The van der Waals surface area contributed by atoms with Crippen LogP contribution in [0.4, 0.5) is 4.39 Å². The smallest absolute Gasteiger partial charge is 0.310 e. The van der Waals surface area contributed by atoms with Crippen LogP contribution in [0, 0.1) is 11.2 Å². The zero-order valence-electron chi connectivity index (χ0n) is 10.8. The summed E-state index contributed by atoms with van der Waals surface area (Å²) in [6, 6.07) is 4.63. The van der Waals surface area contributed by atoms with Crippen molar-refractivity contribution >= 4 is 17.6 Å². The Hall–Kier alpha value is -1.13. The number of hydrogen-bond donors (Lipinski definition) is 1. The van der Waals surface area contributed by atoms with Gasteiger partial charge in [0.1, 0.15) is 5.82 Å². The van der Waals surface area contributed by atoms with E-state index >= 15 is 0 Å². The Morgan fingerprint density at radius 3 is 2.95 bits per heavy atom. The minimum Gasteiger partial charge on any atom is -0.481 e. The Labute approximate surface area is 117 Å². The van der Waals surface area contributed by atoms with Crippen molar-refractivity contribution in [3.05, 3.63) is 34.6 Å². The van der Waals surface area contributed by atoms with Crippen LogP contribution in [0.1, 0.15) is 25.3 Å². The lowest BCUT2D eigenvalue weighted by molar-refractivity contribution is -0.151. The van der Waals surface area contributed by atoms with E-state index in [1.807, 2.05) is 0 Å². The van der Waals surface area contributed by atoms with Gasteiger partial charge in [-0.05, 0) is 44.0 Å². The van der Waals surface area contributed by atoms with Crippen LogP contribution in [0.25, 0.3) is 0 Å². The van der Waals surface area contributed by atoms with E-state index in [9.17, 15) is 14.3 Å². The molecular weight excluding hydrogens is 269 g/mol. The van der Waals surface area contributed by atoms with E-state index in [4.69, 9.17) is 11.6 Å². The van der Waals surface area contributed by atoms with Gasteiger partial charge in [0, 0.05) is 13.1 Å². The highest BCUT2D eigenvalue weighted by Gasteiger charge is 2.37. The number of hydrogen-bond acceptors (Lipinski definition) is 2. The number of rotatable bonds is 3. The molecule has 0 spiro atoms. The van der Waals surface area contributed by atoms with E-state index in [1.165, 1.54) is 6.07 Å². The highest BCUT2D eigenvalue weighted by molar-refractivity contribution is 6.30. The second kappa shape index (κ2) is 5.47. The average molecular weight is 286 g/mol. The molecule has 1 aromatic rings. The van der Waals surface area contributed by atoms with E-state index in [1.54, 1.807) is 19.1 Å². The fourth-order valence-corrected chi connectivity index (χ4v) is 2.75. The molecule has 1 aromatic carbocycles. The largest absolute Gasteiger partial charge is 0.481 e. The Balaban J connectivity index is 2.06. The highest BCUT2D eigenvalue weighted by atomic mass is 35.5. The summed E-state index contributed by atoms with van der Waals surface area (Å²) in [6.45, 7) is 3.75. The van der Waals surface area contributed by atoms with Crippen LogP contribution in [0.15, 0.2) is 18.2 Å². The highest BCUT2D eigenvalue weighted by Crippen LogP contribution is 2.30. The number of likely N-dealkylation sites (tertiary alicyclic amines) is 1. The van der Waals surface area contributed by atoms with E-state index in [-0.39, 0.29) is 5.02 Å². The van der Waals surface area contributed by atoms with Gasteiger partial charge in [-0.2, -0.15) is 0 Å². The standard InChI is InChI=1S/C14H17ClFNO2/c1-14(13(18)19)5-2-6-17(9-14)8-10-3-4-12(16)11(15)7-10/h3-4,7H,2,5-6,8-9H2,1H3,(H,18,19). The molecule has 1 aliphatic heterocycles. The molecule has 3 nitrogen and oxygen atoms in total. The van der Waals surface area contributed by atoms with Crippen LogP contribution in [-0.2, 0) is 11.3 Å². The van der Waals surface area contributed by atoms with Crippen LogP contribution >= 0.6 is 11.6 Å². The fourth-order valence-electron chi connectivity index (χ4n) is 2.55. The van der Waals surface area contributed by atoms with Gasteiger partial charge < -0.3 is 5.11 Å². The van der Waals surface area contributed by atoms with Gasteiger partial charge in [-0.3, -0.25) is 9.69 Å². The SMILES string of the molecule is CC1(C(=O)O)CCCN(Cc2ccc(F)c(Cl)c2)C1. The first kappa shape index (κ1) is 14.3. The van der Waals surface area contributed by atoms with Crippen molar-refractivity contribution in [2.24, 2.45) is 5.41 Å². The number of piperidine rings is 1. The summed E-state index contributed by atoms with van der Waals surface area (Å²) < 4.78 is 13.1. The molecule has 0 saturated carbocycles. The van der Waals surface area contributed by atoms with Crippen molar-refractivity contribution in [1.29, 1.82) is 0 Å². The van der Waals surface area contributed by atoms with Crippen molar-refractivity contribution in [2.45, 2.75) is 26.3 Å². The fraction of sp³-hybridized carbons (Fsp3) is 0.500. The molecule has 0 aromatic heterocycles. The molecule has 0 bridgehead atoms. The van der Waals surface area contributed by atoms with Crippen LogP contribution in [0.2, 0.25) is 5.02 Å². The Kier molecular flexibility index (Phi) is 4.11. The van der Waals surface area contributed by atoms with Crippen LogP contribution in [0.5, 0.6) is 0 Å². The Morgan fingerprint density at radius 1 is 1.58 bits per heavy atom. The summed E-state index contributed by atoms with van der Waals surface area (Å²) in [5.41, 5.74) is 0.211. The van der Waals surface area contributed by atoms with Gasteiger partial charge in [0.05, 0.1) is 10.4 Å². The van der Waals surface area contributed by atoms with Crippen molar-refractivity contribution in [3.63, 3.8) is 0 Å². The second-order valence-electron chi connectivity index (χ2n) is 5.43. The van der Waals surface area contributed by atoms with E-state index in [2.05, 4.69) is 4.90 Å². The molecule has 0 radical (unpaired) electrons. The number of carbonyl (C=O) groups is 1. The molecule has 1 atom stereocenters. The monoisotopic (exact) mass is 285 g/mol. The lowest BCUT2D eigenvalue weighted by Gasteiger charge is -2.37. The first-order valence-corrected chi connectivity index (χ1v) is 6.68. The maximum atomic E-state index is 13.1. The maximum Gasteiger partial charge on any atom is 0.310 e. The van der Waals surface area contributed by atoms with Gasteiger partial charge in [0.15, 0.2) is 0 Å². The van der Waals surface area contributed by atoms with Crippen molar-refractivity contribution in [1.82, 2.24) is 4.90 Å². The minimum absolute atomic E-state index is 0.107. The molecular formula is C14H17ClFNO2. The topological polar surface area (TPSA) is 40.5 Å². The van der Waals surface area contributed by atoms with E-state index in [0.717, 1.165) is 18.5 Å². The third-order valence-electron chi connectivity index (χ3n) is 3.68. The maximum absolute atomic E-state index is 13.1. The first-order valence-electron chi connectivity index (χ1n) is 6.30. The Bertz CT molecular complexity index is 494. The molecule has 1 heterocycles. The summed E-state index contributed by atoms with van der Waals surface area (Å²) in [5.74, 6) is -1.19. The number of benzene rings is 1. The molecule has 19 heavy (non-hydrogen) atoms. The molecule has 104 valence electrons. The lowest BCUT2D eigenvalue weighted by atomic mass is 9.82. The van der Waals surface area contributed by atoms with Gasteiger partial charge in [-0.15, -0.1) is 0 Å². The second-order valence-corrected chi connectivity index (χ2v) is 5.84. The zero-order valence-corrected chi connectivity index (χ0v) is 11.6. The van der Waals surface area contributed by atoms with Gasteiger partial charge in [-0.1, -0.05) is 17.7 Å². The molecule has 1 aliphatic rings. The summed E-state index contributed by atoms with van der Waals surface area (Å²) in [4.78, 5) is 13.4. The number of nitrogens with zero attached hydrogens (tertiary/aromatic N) is 1. The normalized spacial score (nSPS) is 24.4. The number of aliphatic carboxylic acids is 1. The summed E-state index contributed by atoms with van der Waals surface area (Å²) in [7, 11) is 0. The quantitative estimate of drug-likeness (QED) is 0.927. The van der Waals surface area contributed by atoms with Crippen molar-refractivity contribution < 1.29 is 14.3 Å².